The maximum absolute atomic E-state index is 12.9. The molecule has 0 radical (unpaired) electrons. The Hall–Kier alpha value is -2.53. The van der Waals surface area contributed by atoms with E-state index in [0.717, 1.165) is 0 Å². The number of hydrogen-bond acceptors (Lipinski definition) is 7. The van der Waals surface area contributed by atoms with Crippen LogP contribution in [-0.4, -0.2) is 89.4 Å². The average Bonchev–Trinajstić information content (AvgIpc) is 2.66. The molecule has 3 atom stereocenters. The van der Waals surface area contributed by atoms with Crippen LogP contribution in [-0.2, 0) is 23.9 Å². The number of carbonyl (C=O) groups is 5. The van der Waals surface area contributed by atoms with Gasteiger partial charge in [-0.1, -0.05) is 13.8 Å². The minimum Gasteiger partial charge on any atom is -0.481 e. The van der Waals surface area contributed by atoms with E-state index < -0.39 is 48.4 Å². The molecule has 1 aliphatic rings. The van der Waals surface area contributed by atoms with E-state index in [9.17, 15) is 24.0 Å². The molecule has 1 saturated heterocycles. The lowest BCUT2D eigenvalue weighted by Crippen LogP contribution is -2.60. The van der Waals surface area contributed by atoms with E-state index in [1.807, 2.05) is 0 Å². The summed E-state index contributed by atoms with van der Waals surface area (Å²) >= 11 is 0. The number of aldehydes is 1. The zero-order valence-electron chi connectivity index (χ0n) is 16.3. The number of carbonyl (C=O) groups excluding carboxylic acids is 4. The lowest BCUT2D eigenvalue weighted by Gasteiger charge is -2.35. The molecule has 0 unspecified atom stereocenters. The Morgan fingerprint density at radius 1 is 1.21 bits per heavy atom. The Labute approximate surface area is 163 Å². The van der Waals surface area contributed by atoms with Crippen molar-refractivity contribution in [3.05, 3.63) is 0 Å². The Bertz CT molecular complexity index is 604. The van der Waals surface area contributed by atoms with Gasteiger partial charge in [0.15, 0.2) is 0 Å². The standard InChI is InChI=1S/C17H28N4O7/c1-10(2)14(18)15(25)19-11(3)16(26)21(12(9-22)8-13(23)24)17(27)20-4-6-28-7-5-20/h9-12,14H,4-8,18H2,1-3H3,(H,19,25)(H,23,24)/t11-,12-,14-/m0/s1. The summed E-state index contributed by atoms with van der Waals surface area (Å²) in [5.41, 5.74) is 5.75. The van der Waals surface area contributed by atoms with Crippen LogP contribution >= 0.6 is 0 Å². The van der Waals surface area contributed by atoms with Crippen LogP contribution in [0.1, 0.15) is 27.2 Å². The number of nitrogens with one attached hydrogen (secondary N) is 1. The molecule has 0 saturated carbocycles. The number of nitrogens with two attached hydrogens (primary N) is 1. The highest BCUT2D eigenvalue weighted by atomic mass is 16.5. The number of urea groups is 1. The monoisotopic (exact) mass is 400 g/mol. The number of nitrogens with zero attached hydrogens (tertiary/aromatic N) is 2. The molecule has 4 N–H and O–H groups in total. The highest BCUT2D eigenvalue weighted by Crippen LogP contribution is 2.12. The van der Waals surface area contributed by atoms with Gasteiger partial charge in [0, 0.05) is 13.1 Å². The van der Waals surface area contributed by atoms with Crippen LogP contribution in [0, 0.1) is 5.92 Å². The second-order valence-corrected chi connectivity index (χ2v) is 6.89. The molecule has 1 heterocycles. The molecule has 0 aromatic carbocycles. The van der Waals surface area contributed by atoms with Crippen LogP contribution in [0.5, 0.6) is 0 Å². The van der Waals surface area contributed by atoms with Crippen molar-refractivity contribution in [1.29, 1.82) is 0 Å². The first-order chi connectivity index (χ1) is 13.1. The molecule has 1 rings (SSSR count). The smallest absolute Gasteiger partial charge is 0.327 e. The molecular weight excluding hydrogens is 372 g/mol. The highest BCUT2D eigenvalue weighted by Gasteiger charge is 2.37. The summed E-state index contributed by atoms with van der Waals surface area (Å²) in [5.74, 6) is -3.00. The largest absolute Gasteiger partial charge is 0.481 e. The van der Waals surface area contributed by atoms with Crippen LogP contribution in [0.4, 0.5) is 4.79 Å². The first-order valence-corrected chi connectivity index (χ1v) is 9.02. The van der Waals surface area contributed by atoms with Crippen LogP contribution in [0.15, 0.2) is 0 Å². The first-order valence-electron chi connectivity index (χ1n) is 9.02. The summed E-state index contributed by atoms with van der Waals surface area (Å²) in [6.07, 6.45) is -0.504. The molecule has 4 amide bonds. The van der Waals surface area contributed by atoms with Gasteiger partial charge in [-0.15, -0.1) is 0 Å². The van der Waals surface area contributed by atoms with Crippen LogP contribution < -0.4 is 11.1 Å². The van der Waals surface area contributed by atoms with Crippen LogP contribution in [0.25, 0.3) is 0 Å². The molecule has 0 bridgehead atoms. The fourth-order valence-electron chi connectivity index (χ4n) is 2.57. The van der Waals surface area contributed by atoms with Gasteiger partial charge in [0.1, 0.15) is 18.4 Å². The topological polar surface area (TPSA) is 159 Å². The number of ether oxygens (including phenoxy) is 1. The molecule has 0 aromatic rings. The number of imide groups is 1. The Morgan fingerprint density at radius 3 is 2.25 bits per heavy atom. The third-order valence-electron chi connectivity index (χ3n) is 4.35. The van der Waals surface area contributed by atoms with Crippen LogP contribution in [0.3, 0.4) is 0 Å². The number of morpholine rings is 1. The number of amides is 4. The van der Waals surface area contributed by atoms with E-state index in [1.165, 1.54) is 11.8 Å². The second-order valence-electron chi connectivity index (χ2n) is 6.89. The van der Waals surface area contributed by atoms with Gasteiger partial charge in [-0.3, -0.25) is 19.3 Å². The molecule has 1 aliphatic heterocycles. The van der Waals surface area contributed by atoms with Gasteiger partial charge in [-0.25, -0.2) is 4.79 Å². The van der Waals surface area contributed by atoms with Gasteiger partial charge in [0.2, 0.25) is 5.91 Å². The second kappa shape index (κ2) is 10.7. The molecule has 0 aliphatic carbocycles. The Balaban J connectivity index is 3.05. The zero-order chi connectivity index (χ0) is 21.4. The van der Waals surface area contributed by atoms with Crippen molar-refractivity contribution >= 4 is 30.1 Å². The van der Waals surface area contributed by atoms with E-state index in [4.69, 9.17) is 15.6 Å². The van der Waals surface area contributed by atoms with Crippen LogP contribution in [0.2, 0.25) is 0 Å². The number of hydrogen-bond donors (Lipinski definition) is 3. The maximum atomic E-state index is 12.9. The molecule has 158 valence electrons. The molecule has 0 aromatic heterocycles. The summed E-state index contributed by atoms with van der Waals surface area (Å²) in [6.45, 7) is 5.72. The predicted octanol–water partition coefficient (Wildman–Crippen LogP) is -1.20. The number of aliphatic carboxylic acids is 1. The van der Waals surface area contributed by atoms with E-state index in [0.29, 0.717) is 4.90 Å². The van der Waals surface area contributed by atoms with Crippen molar-refractivity contribution in [3.8, 4) is 0 Å². The fraction of sp³-hybridized carbons (Fsp3) is 0.706. The Morgan fingerprint density at radius 2 is 1.79 bits per heavy atom. The Kier molecular flexibility index (Phi) is 9.00. The van der Waals surface area contributed by atoms with Gasteiger partial charge in [-0.2, -0.15) is 0 Å². The van der Waals surface area contributed by atoms with E-state index >= 15 is 0 Å². The molecular formula is C17H28N4O7. The molecule has 0 spiro atoms. The van der Waals surface area contributed by atoms with Crippen molar-refractivity contribution in [3.63, 3.8) is 0 Å². The summed E-state index contributed by atoms with van der Waals surface area (Å²) in [4.78, 5) is 62.3. The van der Waals surface area contributed by atoms with E-state index in [1.54, 1.807) is 13.8 Å². The average molecular weight is 400 g/mol. The van der Waals surface area contributed by atoms with Gasteiger partial charge >= 0.3 is 12.0 Å². The molecule has 28 heavy (non-hydrogen) atoms. The van der Waals surface area contributed by atoms with Gasteiger partial charge in [0.25, 0.3) is 5.91 Å². The minimum atomic E-state index is -1.50. The highest BCUT2D eigenvalue weighted by molar-refractivity contribution is 6.01. The fourth-order valence-corrected chi connectivity index (χ4v) is 2.57. The number of rotatable bonds is 8. The van der Waals surface area contributed by atoms with Crippen molar-refractivity contribution < 1.29 is 33.8 Å². The molecule has 1 fully saturated rings. The van der Waals surface area contributed by atoms with Crippen molar-refractivity contribution in [1.82, 2.24) is 15.1 Å². The predicted molar refractivity (Wildman–Crippen MR) is 97.2 cm³/mol. The van der Waals surface area contributed by atoms with Gasteiger partial charge < -0.3 is 30.6 Å². The first kappa shape index (κ1) is 23.5. The van der Waals surface area contributed by atoms with E-state index in [2.05, 4.69) is 5.32 Å². The summed E-state index contributed by atoms with van der Waals surface area (Å²) < 4.78 is 5.16. The lowest BCUT2D eigenvalue weighted by molar-refractivity contribution is -0.143. The van der Waals surface area contributed by atoms with Gasteiger partial charge in [0.05, 0.1) is 25.7 Å². The number of carboxylic acids is 1. The molecule has 11 heteroatoms. The van der Waals surface area contributed by atoms with E-state index in [-0.39, 0.29) is 38.5 Å². The summed E-state index contributed by atoms with van der Waals surface area (Å²) in [5, 5.41) is 11.4. The maximum Gasteiger partial charge on any atom is 0.327 e. The zero-order valence-corrected chi connectivity index (χ0v) is 16.3. The number of carboxylic acid groups (broad SMARTS) is 1. The minimum absolute atomic E-state index is 0.178. The normalized spacial score (nSPS) is 17.4. The SMILES string of the molecule is CC(C)[C@H](N)C(=O)N[C@@H](C)C(=O)N(C(=O)N1CCOCC1)[C@H](C=O)CC(=O)O. The third-order valence-corrected chi connectivity index (χ3v) is 4.35. The quantitative estimate of drug-likeness (QED) is 0.428. The van der Waals surface area contributed by atoms with Crippen molar-refractivity contribution in [2.24, 2.45) is 11.7 Å². The summed E-state index contributed by atoms with van der Waals surface area (Å²) in [6, 6.07) is -4.35. The van der Waals surface area contributed by atoms with Crippen molar-refractivity contribution in [2.45, 2.75) is 45.3 Å². The van der Waals surface area contributed by atoms with Crippen molar-refractivity contribution in [2.75, 3.05) is 26.3 Å². The molecule has 11 nitrogen and oxygen atoms in total. The van der Waals surface area contributed by atoms with Gasteiger partial charge in [-0.05, 0) is 12.8 Å². The summed E-state index contributed by atoms with van der Waals surface area (Å²) in [7, 11) is 0. The lowest BCUT2D eigenvalue weighted by atomic mass is 10.0. The third kappa shape index (κ3) is 6.27.